The molecule has 0 amide bonds. The van der Waals surface area contributed by atoms with Crippen LogP contribution in [-0.2, 0) is 5.41 Å². The molecule has 10 rings (SSSR count). The fourth-order valence-corrected chi connectivity index (χ4v) is 8.43. The summed E-state index contributed by atoms with van der Waals surface area (Å²) in [5.74, 6) is 0. The minimum atomic E-state index is -0.665. The van der Waals surface area contributed by atoms with Crippen molar-refractivity contribution in [3.8, 4) is 22.3 Å². The molecule has 0 saturated heterocycles. The summed E-state index contributed by atoms with van der Waals surface area (Å²) in [6.45, 7) is 0. The monoisotopic (exact) mass is 665 g/mol. The Kier molecular flexibility index (Phi) is 6.17. The molecule has 1 aliphatic rings. The van der Waals surface area contributed by atoms with Gasteiger partial charge in [-0.1, -0.05) is 188 Å². The number of benzene rings is 9. The zero-order chi connectivity index (χ0) is 38.0. The molecule has 0 spiro atoms. The predicted molar refractivity (Wildman–Crippen MR) is 219 cm³/mol. The van der Waals surface area contributed by atoms with Crippen molar-refractivity contribution in [1.29, 1.82) is 0 Å². The average molecular weight is 666 g/mol. The molecule has 244 valence electrons. The van der Waals surface area contributed by atoms with Crippen LogP contribution in [0.2, 0.25) is 0 Å². The van der Waals surface area contributed by atoms with Crippen molar-refractivity contribution in [2.45, 2.75) is 5.41 Å². The van der Waals surface area contributed by atoms with Gasteiger partial charge in [-0.05, 0) is 79.3 Å². The van der Waals surface area contributed by atoms with Crippen LogP contribution in [0, 0.1) is 0 Å². The van der Waals surface area contributed by atoms with Gasteiger partial charge in [-0.2, -0.15) is 0 Å². The third-order valence-electron chi connectivity index (χ3n) is 10.6. The second kappa shape index (κ2) is 12.3. The van der Waals surface area contributed by atoms with Gasteiger partial charge in [0, 0.05) is 16.6 Å². The first-order chi connectivity index (χ1) is 27.5. The van der Waals surface area contributed by atoms with Crippen LogP contribution in [0.4, 0.5) is 17.1 Å². The lowest BCUT2D eigenvalue weighted by Gasteiger charge is -2.34. The summed E-state index contributed by atoms with van der Waals surface area (Å²) in [4.78, 5) is 1.98. The third kappa shape index (κ3) is 4.56. The maximum atomic E-state index is 9.82. The van der Waals surface area contributed by atoms with E-state index in [0.717, 1.165) is 66.3 Å². The number of fused-ring (bicyclic) bond motifs is 5. The molecule has 0 saturated carbocycles. The number of nitrogens with zero attached hydrogens (tertiary/aromatic N) is 1. The molecule has 0 aliphatic heterocycles. The normalized spacial score (nSPS) is 13.8. The average Bonchev–Trinajstić information content (AvgIpc) is 3.57. The van der Waals surface area contributed by atoms with Crippen molar-refractivity contribution in [3.63, 3.8) is 0 Å². The Morgan fingerprint density at radius 3 is 1.62 bits per heavy atom. The number of hydrogen-bond acceptors (Lipinski definition) is 1. The van der Waals surface area contributed by atoms with Crippen LogP contribution < -0.4 is 4.90 Å². The first kappa shape index (κ1) is 26.2. The van der Waals surface area contributed by atoms with Gasteiger partial charge in [-0.25, -0.2) is 0 Å². The summed E-state index contributed by atoms with van der Waals surface area (Å²) in [6, 6.07) is 63.7. The number of hydrogen-bond donors (Lipinski definition) is 0. The van der Waals surface area contributed by atoms with Crippen molar-refractivity contribution in [3.05, 3.63) is 234 Å². The lowest BCUT2D eigenvalue weighted by atomic mass is 9.68. The number of anilines is 3. The van der Waals surface area contributed by atoms with Crippen LogP contribution in [0.15, 0.2) is 212 Å². The number of rotatable bonds is 6. The van der Waals surface area contributed by atoms with E-state index in [0.29, 0.717) is 5.56 Å². The van der Waals surface area contributed by atoms with Gasteiger partial charge in [0.15, 0.2) is 0 Å². The predicted octanol–water partition coefficient (Wildman–Crippen LogP) is 13.5. The molecule has 0 heterocycles. The molecule has 0 bridgehead atoms. The largest absolute Gasteiger partial charge is 0.309 e. The van der Waals surface area contributed by atoms with Crippen LogP contribution in [0.25, 0.3) is 43.8 Å². The third-order valence-corrected chi connectivity index (χ3v) is 10.6. The molecule has 1 aliphatic carbocycles. The van der Waals surface area contributed by atoms with E-state index < -0.39 is 5.41 Å². The molecule has 0 radical (unpaired) electrons. The molecule has 9 aromatic rings. The Morgan fingerprint density at radius 2 is 0.885 bits per heavy atom. The molecule has 52 heavy (non-hydrogen) atoms. The van der Waals surface area contributed by atoms with Crippen molar-refractivity contribution in [1.82, 2.24) is 0 Å². The standard InChI is InChI=1S/C51H35N/c1-3-20-39(21-4-1)51(40-22-5-2-6-23-40)46-28-12-11-26-45(46)50-47(51)29-15-31-49(50)52(48-30-14-19-37-17-8-10-25-44(37)48)41-34-32-38(33-35-41)43-27-13-18-36-16-7-9-24-42(36)43/h1-35H/i32D,33D,34D,35D. The summed E-state index contributed by atoms with van der Waals surface area (Å²) in [5, 5.41) is 3.80. The van der Waals surface area contributed by atoms with E-state index in [1.807, 2.05) is 83.8 Å². The Morgan fingerprint density at radius 1 is 0.385 bits per heavy atom. The molecular formula is C51H35N. The molecule has 0 N–H and O–H groups in total. The second-order valence-electron chi connectivity index (χ2n) is 13.3. The van der Waals surface area contributed by atoms with Crippen molar-refractivity contribution < 1.29 is 5.48 Å². The van der Waals surface area contributed by atoms with Crippen molar-refractivity contribution in [2.24, 2.45) is 0 Å². The summed E-state index contributed by atoms with van der Waals surface area (Å²) in [6.07, 6.45) is 0. The maximum absolute atomic E-state index is 9.82. The Balaban J connectivity index is 1.33. The fourth-order valence-electron chi connectivity index (χ4n) is 8.43. The van der Waals surface area contributed by atoms with Crippen LogP contribution >= 0.6 is 0 Å². The summed E-state index contributed by atoms with van der Waals surface area (Å²) in [7, 11) is 0. The van der Waals surface area contributed by atoms with Crippen LogP contribution in [0.1, 0.15) is 27.7 Å². The SMILES string of the molecule is [2H]c1c([2H])c(N(c2cccc3c2-c2ccccc2C3(c2ccccc2)c2ccccc2)c2cccc3ccccc23)c([2H])c([2H])c1-c1cccc2ccccc12. The minimum Gasteiger partial charge on any atom is -0.309 e. The quantitative estimate of drug-likeness (QED) is 0.171. The van der Waals surface area contributed by atoms with Gasteiger partial charge in [0.2, 0.25) is 0 Å². The zero-order valence-corrected chi connectivity index (χ0v) is 28.3. The Labute approximate surface area is 310 Å². The summed E-state index contributed by atoms with van der Waals surface area (Å²) in [5.41, 5.74) is 8.57. The van der Waals surface area contributed by atoms with Crippen LogP contribution in [0.3, 0.4) is 0 Å². The van der Waals surface area contributed by atoms with E-state index in [9.17, 15) is 5.48 Å². The summed E-state index contributed by atoms with van der Waals surface area (Å²) >= 11 is 0. The molecule has 0 atom stereocenters. The van der Waals surface area contributed by atoms with E-state index >= 15 is 0 Å². The van der Waals surface area contributed by atoms with Gasteiger partial charge in [0.05, 0.1) is 22.3 Å². The van der Waals surface area contributed by atoms with Gasteiger partial charge >= 0.3 is 0 Å². The zero-order valence-electron chi connectivity index (χ0n) is 32.3. The smallest absolute Gasteiger partial charge is 0.0714 e. The van der Waals surface area contributed by atoms with E-state index in [1.165, 1.54) is 0 Å². The highest BCUT2D eigenvalue weighted by Gasteiger charge is 2.47. The minimum absolute atomic E-state index is 0.0847. The molecule has 1 nitrogen and oxygen atoms in total. The highest BCUT2D eigenvalue weighted by Crippen LogP contribution is 2.59. The van der Waals surface area contributed by atoms with E-state index in [-0.39, 0.29) is 35.4 Å². The molecule has 0 fully saturated rings. The molecule has 0 unspecified atom stereocenters. The van der Waals surface area contributed by atoms with Gasteiger partial charge in [0.25, 0.3) is 0 Å². The fraction of sp³-hybridized carbons (Fsp3) is 0.0196. The first-order valence-corrected chi connectivity index (χ1v) is 17.7. The highest BCUT2D eigenvalue weighted by atomic mass is 15.1. The van der Waals surface area contributed by atoms with Crippen molar-refractivity contribution >= 4 is 38.6 Å². The topological polar surface area (TPSA) is 3.24 Å². The molecule has 9 aromatic carbocycles. The van der Waals surface area contributed by atoms with Gasteiger partial charge < -0.3 is 4.90 Å². The van der Waals surface area contributed by atoms with Gasteiger partial charge in [-0.15, -0.1) is 0 Å². The lowest BCUT2D eigenvalue weighted by Crippen LogP contribution is -2.28. The van der Waals surface area contributed by atoms with E-state index in [4.69, 9.17) is 0 Å². The van der Waals surface area contributed by atoms with Crippen LogP contribution in [-0.4, -0.2) is 0 Å². The van der Waals surface area contributed by atoms with Crippen molar-refractivity contribution in [2.75, 3.05) is 4.90 Å². The first-order valence-electron chi connectivity index (χ1n) is 19.7. The second-order valence-corrected chi connectivity index (χ2v) is 13.3. The van der Waals surface area contributed by atoms with E-state index in [2.05, 4.69) is 109 Å². The lowest BCUT2D eigenvalue weighted by molar-refractivity contribution is 0.768. The molecule has 1 heteroatoms. The molecule has 0 aromatic heterocycles. The highest BCUT2D eigenvalue weighted by molar-refractivity contribution is 6.04. The van der Waals surface area contributed by atoms with E-state index in [1.54, 1.807) is 0 Å². The molecular weight excluding hydrogens is 627 g/mol. The maximum Gasteiger partial charge on any atom is 0.0714 e. The van der Waals surface area contributed by atoms with Crippen LogP contribution in [0.5, 0.6) is 0 Å². The van der Waals surface area contributed by atoms with Gasteiger partial charge in [-0.3, -0.25) is 0 Å². The summed E-state index contributed by atoms with van der Waals surface area (Å²) < 4.78 is 38.9. The van der Waals surface area contributed by atoms with Gasteiger partial charge in [0.1, 0.15) is 0 Å². The Hall–Kier alpha value is -6.70. The Bertz CT molecular complexity index is 2900.